The van der Waals surface area contributed by atoms with E-state index in [0.29, 0.717) is 32.3 Å². The van der Waals surface area contributed by atoms with E-state index in [4.69, 9.17) is 0 Å². The molecule has 0 saturated heterocycles. The average Bonchev–Trinajstić information content (AvgIpc) is 2.89. The Hall–Kier alpha value is -5.92. The summed E-state index contributed by atoms with van der Waals surface area (Å²) < 4.78 is 0. The van der Waals surface area contributed by atoms with Gasteiger partial charge in [0.2, 0.25) is 0 Å². The Balaban J connectivity index is 2.30. The second-order valence-electron chi connectivity index (χ2n) is 7.61. The first-order valence-electron chi connectivity index (χ1n) is 9.98. The number of hydrogen-bond acceptors (Lipinski definition) is 6. The smallest absolute Gasteiger partial charge is 0.102 e. The fourth-order valence-corrected chi connectivity index (χ4v) is 4.62. The fourth-order valence-electron chi connectivity index (χ4n) is 4.62. The summed E-state index contributed by atoms with van der Waals surface area (Å²) >= 11 is 0. The molecule has 0 bridgehead atoms. The van der Waals surface area contributed by atoms with Gasteiger partial charge in [0.1, 0.15) is 36.4 Å². The van der Waals surface area contributed by atoms with Crippen LogP contribution in [0.5, 0.6) is 0 Å². The van der Waals surface area contributed by atoms with Crippen molar-refractivity contribution in [3.8, 4) is 36.4 Å². The molecule has 0 radical (unpaired) electrons. The standard InChI is InChI=1S/C28H8N6/c29-9-17-7-20-19-5-15-3-1-2-4-16(15)6-21(19)27-25(13-33)23(11-31)24(12-32)26(14-34)28(27)22(20)8-18(17)10-30/h1-8H. The summed E-state index contributed by atoms with van der Waals surface area (Å²) in [7, 11) is 0. The van der Waals surface area contributed by atoms with Gasteiger partial charge in [0.05, 0.1) is 33.4 Å². The Morgan fingerprint density at radius 2 is 0.794 bits per heavy atom. The molecule has 150 valence electrons. The zero-order chi connectivity index (χ0) is 24.0. The van der Waals surface area contributed by atoms with Crippen LogP contribution in [-0.4, -0.2) is 0 Å². The number of nitriles is 6. The van der Waals surface area contributed by atoms with Crippen LogP contribution in [0.15, 0.2) is 48.5 Å². The highest BCUT2D eigenvalue weighted by molar-refractivity contribution is 6.30. The minimum Gasteiger partial charge on any atom is -0.192 e. The van der Waals surface area contributed by atoms with Gasteiger partial charge in [0.15, 0.2) is 0 Å². The summed E-state index contributed by atoms with van der Waals surface area (Å²) in [5, 5.41) is 63.9. The van der Waals surface area contributed by atoms with Gasteiger partial charge in [-0.3, -0.25) is 0 Å². The average molecular weight is 428 g/mol. The van der Waals surface area contributed by atoms with E-state index in [-0.39, 0.29) is 33.4 Å². The molecule has 0 saturated carbocycles. The van der Waals surface area contributed by atoms with E-state index in [9.17, 15) is 31.6 Å². The lowest BCUT2D eigenvalue weighted by Crippen LogP contribution is -2.00. The Morgan fingerprint density at radius 1 is 0.412 bits per heavy atom. The molecule has 6 nitrogen and oxygen atoms in total. The quantitative estimate of drug-likeness (QED) is 0.234. The molecular formula is C28H8N6. The van der Waals surface area contributed by atoms with Gasteiger partial charge in [0.25, 0.3) is 0 Å². The van der Waals surface area contributed by atoms with Crippen LogP contribution in [-0.2, 0) is 0 Å². The van der Waals surface area contributed by atoms with Crippen LogP contribution in [0.2, 0.25) is 0 Å². The number of fused-ring (bicyclic) bond motifs is 7. The third-order valence-corrected chi connectivity index (χ3v) is 6.06. The van der Waals surface area contributed by atoms with Gasteiger partial charge < -0.3 is 0 Å². The Labute approximate surface area is 193 Å². The molecule has 0 aliphatic carbocycles. The lowest BCUT2D eigenvalue weighted by Gasteiger charge is -2.16. The maximum absolute atomic E-state index is 10.1. The van der Waals surface area contributed by atoms with Crippen LogP contribution in [0.25, 0.3) is 43.1 Å². The van der Waals surface area contributed by atoms with E-state index in [1.165, 1.54) is 6.07 Å². The Bertz CT molecular complexity index is 2020. The van der Waals surface area contributed by atoms with Crippen LogP contribution in [0, 0.1) is 68.0 Å². The molecule has 5 rings (SSSR count). The van der Waals surface area contributed by atoms with E-state index in [0.717, 1.165) is 10.8 Å². The van der Waals surface area contributed by atoms with Crippen molar-refractivity contribution in [2.75, 3.05) is 0 Å². The predicted octanol–water partition coefficient (Wildman–Crippen LogP) is 5.53. The molecule has 0 spiro atoms. The van der Waals surface area contributed by atoms with E-state index >= 15 is 0 Å². The third-order valence-electron chi connectivity index (χ3n) is 6.06. The minimum absolute atomic E-state index is 0.00176. The Morgan fingerprint density at radius 3 is 1.24 bits per heavy atom. The van der Waals surface area contributed by atoms with Crippen molar-refractivity contribution in [2.24, 2.45) is 0 Å². The van der Waals surface area contributed by atoms with Crippen LogP contribution in [0.4, 0.5) is 0 Å². The molecule has 0 N–H and O–H groups in total. The first kappa shape index (κ1) is 20.0. The first-order chi connectivity index (χ1) is 16.6. The highest BCUT2D eigenvalue weighted by Crippen LogP contribution is 2.43. The van der Waals surface area contributed by atoms with Crippen LogP contribution >= 0.6 is 0 Å². The maximum atomic E-state index is 10.1. The van der Waals surface area contributed by atoms with Gasteiger partial charge in [0, 0.05) is 10.8 Å². The molecule has 5 aromatic carbocycles. The van der Waals surface area contributed by atoms with Crippen molar-refractivity contribution in [2.45, 2.75) is 0 Å². The molecule has 0 aliphatic heterocycles. The largest absolute Gasteiger partial charge is 0.192 e. The van der Waals surface area contributed by atoms with E-state index in [1.54, 1.807) is 6.07 Å². The molecule has 0 amide bonds. The summed E-state index contributed by atoms with van der Waals surface area (Å²) in [6, 6.07) is 26.6. The summed E-state index contributed by atoms with van der Waals surface area (Å²) in [4.78, 5) is 0. The number of benzene rings is 5. The van der Waals surface area contributed by atoms with Crippen molar-refractivity contribution >= 4 is 43.1 Å². The molecule has 0 unspecified atom stereocenters. The normalized spacial score (nSPS) is 10.2. The van der Waals surface area contributed by atoms with Gasteiger partial charge in [-0.1, -0.05) is 24.3 Å². The Kier molecular flexibility index (Phi) is 4.32. The summed E-state index contributed by atoms with van der Waals surface area (Å²) in [5.74, 6) is 0. The summed E-state index contributed by atoms with van der Waals surface area (Å²) in [6.45, 7) is 0. The topological polar surface area (TPSA) is 143 Å². The number of hydrogen-bond donors (Lipinski definition) is 0. The van der Waals surface area contributed by atoms with E-state index in [2.05, 4.69) is 6.07 Å². The number of rotatable bonds is 0. The molecule has 6 heteroatoms. The van der Waals surface area contributed by atoms with Gasteiger partial charge in [-0.2, -0.15) is 31.6 Å². The second kappa shape index (κ2) is 7.34. The first-order valence-corrected chi connectivity index (χ1v) is 9.98. The molecular weight excluding hydrogens is 420 g/mol. The number of nitrogens with zero attached hydrogens (tertiary/aromatic N) is 6. The lowest BCUT2D eigenvalue weighted by atomic mass is 9.83. The van der Waals surface area contributed by atoms with Crippen molar-refractivity contribution in [1.29, 1.82) is 31.6 Å². The van der Waals surface area contributed by atoms with Crippen molar-refractivity contribution < 1.29 is 0 Å². The lowest BCUT2D eigenvalue weighted by molar-refractivity contribution is 1.40. The minimum atomic E-state index is -0.182. The van der Waals surface area contributed by atoms with Crippen molar-refractivity contribution in [3.05, 3.63) is 81.9 Å². The molecule has 5 aromatic rings. The molecule has 34 heavy (non-hydrogen) atoms. The van der Waals surface area contributed by atoms with Gasteiger partial charge >= 0.3 is 0 Å². The zero-order valence-corrected chi connectivity index (χ0v) is 17.3. The van der Waals surface area contributed by atoms with Crippen LogP contribution in [0.1, 0.15) is 33.4 Å². The molecule has 0 fully saturated rings. The highest BCUT2D eigenvalue weighted by Gasteiger charge is 2.24. The molecule has 0 heterocycles. The SMILES string of the molecule is N#Cc1cc2c3cc4ccccc4cc3c3c(C#N)c(C#N)c(C#N)c(C#N)c3c2cc1C#N. The van der Waals surface area contributed by atoms with Gasteiger partial charge in [-0.25, -0.2) is 0 Å². The highest BCUT2D eigenvalue weighted by atomic mass is 14.4. The van der Waals surface area contributed by atoms with Crippen molar-refractivity contribution in [3.63, 3.8) is 0 Å². The van der Waals surface area contributed by atoms with Crippen LogP contribution in [0.3, 0.4) is 0 Å². The second-order valence-corrected chi connectivity index (χ2v) is 7.61. The third kappa shape index (κ3) is 2.50. The van der Waals surface area contributed by atoms with E-state index < -0.39 is 0 Å². The van der Waals surface area contributed by atoms with Gasteiger partial charge in [-0.15, -0.1) is 0 Å². The monoisotopic (exact) mass is 428 g/mol. The summed E-state index contributed by atoms with van der Waals surface area (Å²) in [5.41, 5.74) is -0.0890. The molecule has 0 aliphatic rings. The van der Waals surface area contributed by atoms with Crippen LogP contribution < -0.4 is 0 Å². The molecule has 0 atom stereocenters. The predicted molar refractivity (Wildman–Crippen MR) is 125 cm³/mol. The molecule has 0 aromatic heterocycles. The van der Waals surface area contributed by atoms with E-state index in [1.807, 2.05) is 66.7 Å². The van der Waals surface area contributed by atoms with Gasteiger partial charge in [-0.05, 0) is 56.6 Å². The fraction of sp³-hybridized carbons (Fsp3) is 0. The zero-order valence-electron chi connectivity index (χ0n) is 17.3. The maximum Gasteiger partial charge on any atom is 0.102 e. The summed E-state index contributed by atoms with van der Waals surface area (Å²) in [6.07, 6.45) is 0. The van der Waals surface area contributed by atoms with Crippen molar-refractivity contribution in [1.82, 2.24) is 0 Å².